The zero-order valence-corrected chi connectivity index (χ0v) is 12.6. The molecule has 0 unspecified atom stereocenters. The molecule has 110 valence electrons. The maximum absolute atomic E-state index is 12.0. The summed E-state index contributed by atoms with van der Waals surface area (Å²) in [4.78, 5) is 12.0. The van der Waals surface area contributed by atoms with Crippen LogP contribution < -0.4 is 10.1 Å². The van der Waals surface area contributed by atoms with Crippen molar-refractivity contribution in [3.8, 4) is 5.75 Å². The highest BCUT2D eigenvalue weighted by Crippen LogP contribution is 2.26. The fourth-order valence-corrected chi connectivity index (χ4v) is 2.63. The summed E-state index contributed by atoms with van der Waals surface area (Å²) in [5, 5.41) is 2.90. The fourth-order valence-electron chi connectivity index (χ4n) is 2.63. The Hall–Kier alpha value is -1.51. The molecule has 2 rings (SSSR count). The Morgan fingerprint density at radius 3 is 2.70 bits per heavy atom. The van der Waals surface area contributed by atoms with Crippen molar-refractivity contribution in [1.29, 1.82) is 0 Å². The lowest BCUT2D eigenvalue weighted by Gasteiger charge is -2.20. The molecule has 0 saturated carbocycles. The third-order valence-electron chi connectivity index (χ3n) is 3.81. The lowest BCUT2D eigenvalue weighted by Crippen LogP contribution is -2.38. The number of carbonyl (C=O) groups is 1. The minimum Gasteiger partial charge on any atom is -0.481 e. The van der Waals surface area contributed by atoms with Crippen molar-refractivity contribution in [2.75, 3.05) is 6.54 Å². The third kappa shape index (κ3) is 3.75. The Morgan fingerprint density at radius 2 is 2.00 bits per heavy atom. The van der Waals surface area contributed by atoms with Crippen molar-refractivity contribution in [2.45, 2.75) is 58.5 Å². The van der Waals surface area contributed by atoms with Gasteiger partial charge in [-0.2, -0.15) is 0 Å². The minimum atomic E-state index is -0.386. The van der Waals surface area contributed by atoms with Crippen LogP contribution in [0.4, 0.5) is 0 Å². The molecule has 0 heterocycles. The molecule has 1 aliphatic rings. The van der Waals surface area contributed by atoms with Crippen LogP contribution in [0.1, 0.15) is 50.7 Å². The summed E-state index contributed by atoms with van der Waals surface area (Å²) in [6.45, 7) is 4.74. The predicted octanol–water partition coefficient (Wildman–Crippen LogP) is 3.25. The van der Waals surface area contributed by atoms with E-state index in [-0.39, 0.29) is 12.0 Å². The third-order valence-corrected chi connectivity index (χ3v) is 3.81. The Balaban J connectivity index is 2.02. The normalized spacial score (nSPS) is 15.3. The maximum Gasteiger partial charge on any atom is 0.261 e. The lowest BCUT2D eigenvalue weighted by molar-refractivity contribution is -0.128. The Kier molecular flexibility index (Phi) is 5.45. The van der Waals surface area contributed by atoms with E-state index >= 15 is 0 Å². The van der Waals surface area contributed by atoms with Crippen LogP contribution in [0.3, 0.4) is 0 Å². The van der Waals surface area contributed by atoms with E-state index in [1.807, 2.05) is 19.9 Å². The van der Waals surface area contributed by atoms with Crippen LogP contribution in [0.15, 0.2) is 18.2 Å². The van der Waals surface area contributed by atoms with Crippen molar-refractivity contribution < 1.29 is 9.53 Å². The highest BCUT2D eigenvalue weighted by atomic mass is 16.5. The summed E-state index contributed by atoms with van der Waals surface area (Å²) in [5.41, 5.74) is 2.82. The van der Waals surface area contributed by atoms with Crippen LogP contribution in [0.5, 0.6) is 5.75 Å². The summed E-state index contributed by atoms with van der Waals surface area (Å²) in [6.07, 6.45) is 6.08. The number of aryl methyl sites for hydroxylation is 2. The number of nitrogens with one attached hydrogen (secondary N) is 1. The van der Waals surface area contributed by atoms with Crippen molar-refractivity contribution in [3.63, 3.8) is 0 Å². The SMILES string of the molecule is CCCNC(=O)[C@H](CC)Oc1ccc2c(c1)CCCC2. The molecule has 0 bridgehead atoms. The molecule has 0 radical (unpaired) electrons. The Labute approximate surface area is 121 Å². The largest absolute Gasteiger partial charge is 0.481 e. The molecule has 20 heavy (non-hydrogen) atoms. The second-order valence-corrected chi connectivity index (χ2v) is 5.44. The topological polar surface area (TPSA) is 38.3 Å². The summed E-state index contributed by atoms with van der Waals surface area (Å²) >= 11 is 0. The van der Waals surface area contributed by atoms with Crippen molar-refractivity contribution in [1.82, 2.24) is 5.32 Å². The van der Waals surface area contributed by atoms with Crippen molar-refractivity contribution in [3.05, 3.63) is 29.3 Å². The highest BCUT2D eigenvalue weighted by molar-refractivity contribution is 5.81. The predicted molar refractivity (Wildman–Crippen MR) is 81.1 cm³/mol. The number of hydrogen-bond acceptors (Lipinski definition) is 2. The molecule has 1 aromatic rings. The minimum absolute atomic E-state index is 0.00734. The van der Waals surface area contributed by atoms with Gasteiger partial charge in [-0.25, -0.2) is 0 Å². The van der Waals surface area contributed by atoms with Gasteiger partial charge in [-0.05, 0) is 61.8 Å². The van der Waals surface area contributed by atoms with Crippen LogP contribution >= 0.6 is 0 Å². The van der Waals surface area contributed by atoms with Crippen molar-refractivity contribution >= 4 is 5.91 Å². The van der Waals surface area contributed by atoms with Gasteiger partial charge in [0.05, 0.1) is 0 Å². The number of benzene rings is 1. The summed E-state index contributed by atoms with van der Waals surface area (Å²) < 4.78 is 5.88. The smallest absolute Gasteiger partial charge is 0.261 e. The van der Waals surface area contributed by atoms with E-state index in [9.17, 15) is 4.79 Å². The zero-order chi connectivity index (χ0) is 14.4. The van der Waals surface area contributed by atoms with E-state index in [0.29, 0.717) is 13.0 Å². The van der Waals surface area contributed by atoms with Crippen molar-refractivity contribution in [2.24, 2.45) is 0 Å². The molecule has 0 fully saturated rings. The molecule has 0 aliphatic heterocycles. The van der Waals surface area contributed by atoms with E-state index in [1.54, 1.807) is 0 Å². The molecule has 1 aliphatic carbocycles. The second-order valence-electron chi connectivity index (χ2n) is 5.44. The van der Waals surface area contributed by atoms with Gasteiger partial charge >= 0.3 is 0 Å². The summed E-state index contributed by atoms with van der Waals surface area (Å²) in [6, 6.07) is 6.27. The van der Waals surface area contributed by atoms with Crippen LogP contribution in [0.2, 0.25) is 0 Å². The van der Waals surface area contributed by atoms with E-state index in [4.69, 9.17) is 4.74 Å². The molecule has 3 nitrogen and oxygen atoms in total. The van der Waals surface area contributed by atoms with Gasteiger partial charge < -0.3 is 10.1 Å². The molecule has 1 atom stereocenters. The number of fused-ring (bicyclic) bond motifs is 1. The monoisotopic (exact) mass is 275 g/mol. The van der Waals surface area contributed by atoms with Gasteiger partial charge in [0.15, 0.2) is 6.10 Å². The average molecular weight is 275 g/mol. The first-order valence-corrected chi connectivity index (χ1v) is 7.80. The van der Waals surface area contributed by atoms with Crippen LogP contribution in [0, 0.1) is 0 Å². The van der Waals surface area contributed by atoms with E-state index < -0.39 is 0 Å². The Morgan fingerprint density at radius 1 is 1.25 bits per heavy atom. The molecule has 1 N–H and O–H groups in total. The Bertz CT molecular complexity index is 456. The number of amides is 1. The van der Waals surface area contributed by atoms with Gasteiger partial charge in [0.25, 0.3) is 5.91 Å². The van der Waals surface area contributed by atoms with E-state index in [2.05, 4.69) is 17.4 Å². The summed E-state index contributed by atoms with van der Waals surface area (Å²) in [7, 11) is 0. The molecule has 0 saturated heterocycles. The van der Waals surface area contributed by atoms with Gasteiger partial charge in [-0.3, -0.25) is 4.79 Å². The van der Waals surface area contributed by atoms with Gasteiger partial charge in [-0.15, -0.1) is 0 Å². The van der Waals surface area contributed by atoms with Crippen LogP contribution in [0.25, 0.3) is 0 Å². The lowest BCUT2D eigenvalue weighted by atomic mass is 9.92. The van der Waals surface area contributed by atoms with Crippen LogP contribution in [-0.2, 0) is 17.6 Å². The zero-order valence-electron chi connectivity index (χ0n) is 12.6. The number of ether oxygens (including phenoxy) is 1. The van der Waals surface area contributed by atoms with E-state index in [1.165, 1.54) is 30.4 Å². The number of rotatable bonds is 6. The maximum atomic E-state index is 12.0. The summed E-state index contributed by atoms with van der Waals surface area (Å²) in [5.74, 6) is 0.816. The number of carbonyl (C=O) groups excluding carboxylic acids is 1. The first kappa shape index (κ1) is 14.9. The molecule has 0 aromatic heterocycles. The highest BCUT2D eigenvalue weighted by Gasteiger charge is 2.18. The molecule has 1 aromatic carbocycles. The molecule has 0 spiro atoms. The average Bonchev–Trinajstić information content (AvgIpc) is 2.50. The molecule has 1 amide bonds. The molecule has 3 heteroatoms. The molecular formula is C17H25NO2. The molecular weight excluding hydrogens is 250 g/mol. The van der Waals surface area contributed by atoms with Gasteiger partial charge in [0.2, 0.25) is 0 Å². The first-order chi connectivity index (χ1) is 9.74. The second kappa shape index (κ2) is 7.32. The fraction of sp³-hybridized carbons (Fsp3) is 0.588. The number of hydrogen-bond donors (Lipinski definition) is 1. The van der Waals surface area contributed by atoms with Gasteiger partial charge in [0, 0.05) is 6.54 Å². The van der Waals surface area contributed by atoms with Crippen LogP contribution in [-0.4, -0.2) is 18.6 Å². The standard InChI is InChI=1S/C17H25NO2/c1-3-11-18-17(19)16(4-2)20-15-10-9-13-7-5-6-8-14(13)12-15/h9-10,12,16H,3-8,11H2,1-2H3,(H,18,19)/t16-/m0/s1. The van der Waals surface area contributed by atoms with Gasteiger partial charge in [-0.1, -0.05) is 19.9 Å². The first-order valence-electron chi connectivity index (χ1n) is 7.80. The quantitative estimate of drug-likeness (QED) is 0.865. The van der Waals surface area contributed by atoms with Gasteiger partial charge in [0.1, 0.15) is 5.75 Å². The van der Waals surface area contributed by atoms with E-state index in [0.717, 1.165) is 18.6 Å².